The molecule has 1 heterocycles. The van der Waals surface area contributed by atoms with Gasteiger partial charge in [0, 0.05) is 11.8 Å². The molecular weight excluding hydrogens is 262 g/mol. The third-order valence-corrected chi connectivity index (χ3v) is 3.86. The van der Waals surface area contributed by atoms with Gasteiger partial charge >= 0.3 is 0 Å². The molecule has 21 heavy (non-hydrogen) atoms. The van der Waals surface area contributed by atoms with E-state index in [1.54, 1.807) is 18.5 Å². The zero-order valence-electron chi connectivity index (χ0n) is 12.4. The SMILES string of the molecule is CC(C)Oc1cncc(C(=O)C2(c3ccccc3)CC2)c1. The Morgan fingerprint density at radius 1 is 1.19 bits per heavy atom. The number of hydrogen-bond acceptors (Lipinski definition) is 3. The topological polar surface area (TPSA) is 39.2 Å². The lowest BCUT2D eigenvalue weighted by molar-refractivity contribution is 0.0945. The minimum atomic E-state index is -0.348. The standard InChI is InChI=1S/C18H19NO2/c1-13(2)21-16-10-14(11-19-12-16)17(20)18(8-9-18)15-6-4-3-5-7-15/h3-7,10-13H,8-9H2,1-2H3. The van der Waals surface area contributed by atoms with E-state index < -0.39 is 0 Å². The molecule has 0 N–H and O–H groups in total. The molecule has 3 nitrogen and oxygen atoms in total. The van der Waals surface area contributed by atoms with E-state index in [0.717, 1.165) is 18.4 Å². The van der Waals surface area contributed by atoms with Gasteiger partial charge in [-0.05, 0) is 38.3 Å². The number of ether oxygens (including phenoxy) is 1. The lowest BCUT2D eigenvalue weighted by atomic mass is 9.88. The molecule has 0 radical (unpaired) electrons. The molecule has 1 aromatic heterocycles. The smallest absolute Gasteiger partial charge is 0.175 e. The minimum absolute atomic E-state index is 0.0705. The van der Waals surface area contributed by atoms with Gasteiger partial charge in [-0.15, -0.1) is 0 Å². The van der Waals surface area contributed by atoms with Crippen molar-refractivity contribution in [2.75, 3.05) is 0 Å². The van der Waals surface area contributed by atoms with E-state index in [9.17, 15) is 4.79 Å². The number of benzene rings is 1. The first-order valence-electron chi connectivity index (χ1n) is 7.34. The summed E-state index contributed by atoms with van der Waals surface area (Å²) in [6.07, 6.45) is 5.18. The Morgan fingerprint density at radius 2 is 1.90 bits per heavy atom. The number of nitrogens with zero attached hydrogens (tertiary/aromatic N) is 1. The summed E-state index contributed by atoms with van der Waals surface area (Å²) in [6.45, 7) is 3.92. The molecule has 0 bridgehead atoms. The van der Waals surface area contributed by atoms with Crippen LogP contribution in [0.3, 0.4) is 0 Å². The molecule has 0 amide bonds. The van der Waals surface area contributed by atoms with Crippen molar-refractivity contribution in [2.24, 2.45) is 0 Å². The first-order valence-corrected chi connectivity index (χ1v) is 7.34. The number of aromatic nitrogens is 1. The number of carbonyl (C=O) groups is 1. The third-order valence-electron chi connectivity index (χ3n) is 3.86. The summed E-state index contributed by atoms with van der Waals surface area (Å²) >= 11 is 0. The van der Waals surface area contributed by atoms with E-state index in [0.29, 0.717) is 11.3 Å². The maximum Gasteiger partial charge on any atom is 0.175 e. The molecule has 2 aromatic rings. The molecule has 1 aliphatic carbocycles. The van der Waals surface area contributed by atoms with Crippen LogP contribution in [0.2, 0.25) is 0 Å². The number of ketones is 1. The van der Waals surface area contributed by atoms with Crippen molar-refractivity contribution in [3.63, 3.8) is 0 Å². The molecule has 3 heteroatoms. The van der Waals surface area contributed by atoms with Crippen molar-refractivity contribution in [2.45, 2.75) is 38.2 Å². The normalized spacial score (nSPS) is 15.8. The zero-order valence-corrected chi connectivity index (χ0v) is 12.4. The van der Waals surface area contributed by atoms with Crippen molar-refractivity contribution in [1.29, 1.82) is 0 Å². The van der Waals surface area contributed by atoms with Crippen LogP contribution in [0.15, 0.2) is 48.8 Å². The zero-order chi connectivity index (χ0) is 14.9. The van der Waals surface area contributed by atoms with Gasteiger partial charge in [0.15, 0.2) is 5.78 Å². The van der Waals surface area contributed by atoms with E-state index in [4.69, 9.17) is 4.74 Å². The van der Waals surface area contributed by atoms with Crippen LogP contribution >= 0.6 is 0 Å². The van der Waals surface area contributed by atoms with Crippen LogP contribution in [0.5, 0.6) is 5.75 Å². The number of hydrogen-bond donors (Lipinski definition) is 0. The van der Waals surface area contributed by atoms with Gasteiger partial charge in [0.25, 0.3) is 0 Å². The Kier molecular flexibility index (Phi) is 3.50. The molecule has 0 saturated heterocycles. The summed E-state index contributed by atoms with van der Waals surface area (Å²) in [5.74, 6) is 0.801. The van der Waals surface area contributed by atoms with Crippen LogP contribution < -0.4 is 4.74 Å². The van der Waals surface area contributed by atoms with Crippen molar-refractivity contribution in [1.82, 2.24) is 4.98 Å². The Hall–Kier alpha value is -2.16. The molecular formula is C18H19NO2. The lowest BCUT2D eigenvalue weighted by Crippen LogP contribution is -2.21. The number of Topliss-reactive ketones (excluding diaryl/α,β-unsaturated/α-hetero) is 1. The second-order valence-electron chi connectivity index (χ2n) is 5.85. The average Bonchev–Trinajstić information content (AvgIpc) is 3.29. The summed E-state index contributed by atoms with van der Waals surface area (Å²) in [5.41, 5.74) is 1.39. The molecule has 0 aliphatic heterocycles. The summed E-state index contributed by atoms with van der Waals surface area (Å²) in [6, 6.07) is 11.8. The Labute approximate surface area is 125 Å². The summed E-state index contributed by atoms with van der Waals surface area (Å²) in [5, 5.41) is 0. The quantitative estimate of drug-likeness (QED) is 0.783. The molecule has 1 aliphatic rings. The number of rotatable bonds is 5. The van der Waals surface area contributed by atoms with Crippen LogP contribution in [-0.2, 0) is 5.41 Å². The highest BCUT2D eigenvalue weighted by molar-refractivity contribution is 6.06. The van der Waals surface area contributed by atoms with Gasteiger partial charge < -0.3 is 4.74 Å². The Bertz CT molecular complexity index is 645. The van der Waals surface area contributed by atoms with Crippen LogP contribution in [0, 0.1) is 0 Å². The van der Waals surface area contributed by atoms with Crippen molar-refractivity contribution >= 4 is 5.78 Å². The van der Waals surface area contributed by atoms with E-state index in [-0.39, 0.29) is 17.3 Å². The van der Waals surface area contributed by atoms with Crippen LogP contribution in [0.1, 0.15) is 42.6 Å². The van der Waals surface area contributed by atoms with Gasteiger partial charge in [0.05, 0.1) is 17.7 Å². The molecule has 0 spiro atoms. The Balaban J connectivity index is 1.89. The average molecular weight is 281 g/mol. The maximum absolute atomic E-state index is 12.9. The minimum Gasteiger partial charge on any atom is -0.489 e. The lowest BCUT2D eigenvalue weighted by Gasteiger charge is -2.15. The number of pyridine rings is 1. The first-order chi connectivity index (χ1) is 10.1. The van der Waals surface area contributed by atoms with Crippen molar-refractivity contribution in [3.8, 4) is 5.75 Å². The molecule has 1 aromatic carbocycles. The summed E-state index contributed by atoms with van der Waals surface area (Å²) in [7, 11) is 0. The van der Waals surface area contributed by atoms with Crippen molar-refractivity contribution < 1.29 is 9.53 Å². The fourth-order valence-electron chi connectivity index (χ4n) is 2.68. The maximum atomic E-state index is 12.9. The largest absolute Gasteiger partial charge is 0.489 e. The second-order valence-corrected chi connectivity index (χ2v) is 5.85. The molecule has 1 fully saturated rings. The molecule has 108 valence electrons. The highest BCUT2D eigenvalue weighted by Crippen LogP contribution is 2.50. The van der Waals surface area contributed by atoms with Gasteiger partial charge in [-0.1, -0.05) is 30.3 Å². The molecule has 3 rings (SSSR count). The second kappa shape index (κ2) is 5.32. The summed E-state index contributed by atoms with van der Waals surface area (Å²) < 4.78 is 5.63. The van der Waals surface area contributed by atoms with Crippen LogP contribution in [-0.4, -0.2) is 16.9 Å². The highest BCUT2D eigenvalue weighted by Gasteiger charge is 2.51. The fraction of sp³-hybridized carbons (Fsp3) is 0.333. The number of carbonyl (C=O) groups excluding carboxylic acids is 1. The van der Waals surface area contributed by atoms with Gasteiger partial charge in [-0.25, -0.2) is 0 Å². The van der Waals surface area contributed by atoms with Gasteiger partial charge in [-0.3, -0.25) is 9.78 Å². The fourth-order valence-corrected chi connectivity index (χ4v) is 2.68. The molecule has 1 saturated carbocycles. The van der Waals surface area contributed by atoms with E-state index in [1.807, 2.05) is 44.2 Å². The monoisotopic (exact) mass is 281 g/mol. The van der Waals surface area contributed by atoms with Crippen LogP contribution in [0.25, 0.3) is 0 Å². The van der Waals surface area contributed by atoms with Gasteiger partial charge in [0.2, 0.25) is 0 Å². The predicted molar refractivity (Wildman–Crippen MR) is 81.7 cm³/mol. The van der Waals surface area contributed by atoms with E-state index >= 15 is 0 Å². The van der Waals surface area contributed by atoms with Gasteiger partial charge in [0.1, 0.15) is 5.75 Å². The highest BCUT2D eigenvalue weighted by atomic mass is 16.5. The van der Waals surface area contributed by atoms with E-state index in [1.165, 1.54) is 0 Å². The molecule has 0 atom stereocenters. The third kappa shape index (κ3) is 2.68. The predicted octanol–water partition coefficient (Wildman–Crippen LogP) is 3.78. The Morgan fingerprint density at radius 3 is 2.52 bits per heavy atom. The first kappa shape index (κ1) is 13.8. The molecule has 0 unspecified atom stereocenters. The van der Waals surface area contributed by atoms with Crippen molar-refractivity contribution in [3.05, 3.63) is 59.9 Å². The van der Waals surface area contributed by atoms with Gasteiger partial charge in [-0.2, -0.15) is 0 Å². The van der Waals surface area contributed by atoms with Crippen LogP contribution in [0.4, 0.5) is 0 Å². The van der Waals surface area contributed by atoms with E-state index in [2.05, 4.69) is 4.98 Å². The summed E-state index contributed by atoms with van der Waals surface area (Å²) in [4.78, 5) is 17.0.